The molecule has 0 atom stereocenters. The lowest BCUT2D eigenvalue weighted by atomic mass is 10.2. The van der Waals surface area contributed by atoms with E-state index in [1.165, 1.54) is 0 Å². The van der Waals surface area contributed by atoms with Crippen molar-refractivity contribution in [3.63, 3.8) is 0 Å². The fourth-order valence-corrected chi connectivity index (χ4v) is 2.93. The van der Waals surface area contributed by atoms with Crippen molar-refractivity contribution in [3.05, 3.63) is 51.7 Å². The summed E-state index contributed by atoms with van der Waals surface area (Å²) in [5, 5.41) is 2.01. The average molecular weight is 338 g/mol. The second kappa shape index (κ2) is 5.32. The van der Waals surface area contributed by atoms with Gasteiger partial charge in [-0.1, -0.05) is 15.9 Å². The second-order valence-corrected chi connectivity index (χ2v) is 5.80. The molecular weight excluding hydrogens is 326 g/mol. The number of imidazole rings is 1. The highest BCUT2D eigenvalue weighted by Crippen LogP contribution is 2.23. The molecule has 0 unspecified atom stereocenters. The molecular formula is C13H12BrN3OS. The third kappa shape index (κ3) is 2.65. The minimum atomic E-state index is 0.458. The van der Waals surface area contributed by atoms with Crippen LogP contribution in [0.3, 0.4) is 0 Å². The Hall–Kier alpha value is -1.37. The number of rotatable bonds is 4. The van der Waals surface area contributed by atoms with Crippen LogP contribution in [0.5, 0.6) is 5.75 Å². The molecule has 2 aromatic heterocycles. The first-order valence-corrected chi connectivity index (χ1v) is 7.46. The van der Waals surface area contributed by atoms with E-state index in [0.717, 1.165) is 26.4 Å². The van der Waals surface area contributed by atoms with E-state index >= 15 is 0 Å². The van der Waals surface area contributed by atoms with Crippen molar-refractivity contribution in [2.24, 2.45) is 5.73 Å². The largest absolute Gasteiger partial charge is 0.487 e. The standard InChI is InChI=1S/C13H12BrN3OS/c14-12-2-1-11(5-9(12)6-15)18-8-10-7-17-3-4-19-13(17)16-10/h1-5,7H,6,8,15H2. The number of aromatic nitrogens is 2. The van der Waals surface area contributed by atoms with E-state index in [1.807, 2.05) is 40.4 Å². The molecule has 3 aromatic rings. The van der Waals surface area contributed by atoms with E-state index < -0.39 is 0 Å². The van der Waals surface area contributed by atoms with Crippen LogP contribution in [-0.4, -0.2) is 9.38 Å². The van der Waals surface area contributed by atoms with Gasteiger partial charge in [-0.25, -0.2) is 4.98 Å². The van der Waals surface area contributed by atoms with Gasteiger partial charge in [0.2, 0.25) is 0 Å². The van der Waals surface area contributed by atoms with Gasteiger partial charge < -0.3 is 10.5 Å². The molecule has 0 aliphatic heterocycles. The molecule has 1 aromatic carbocycles. The molecule has 4 nitrogen and oxygen atoms in total. The average Bonchev–Trinajstić information content (AvgIpc) is 2.98. The lowest BCUT2D eigenvalue weighted by Gasteiger charge is -2.07. The van der Waals surface area contributed by atoms with Crippen molar-refractivity contribution in [3.8, 4) is 5.75 Å². The van der Waals surface area contributed by atoms with Crippen LogP contribution in [0.2, 0.25) is 0 Å². The molecule has 6 heteroatoms. The van der Waals surface area contributed by atoms with E-state index in [1.54, 1.807) is 11.3 Å². The number of nitrogens with zero attached hydrogens (tertiary/aromatic N) is 2. The van der Waals surface area contributed by atoms with Gasteiger partial charge in [0, 0.05) is 28.8 Å². The van der Waals surface area contributed by atoms with Crippen molar-refractivity contribution in [1.29, 1.82) is 0 Å². The van der Waals surface area contributed by atoms with E-state index in [2.05, 4.69) is 20.9 Å². The molecule has 0 bridgehead atoms. The maximum atomic E-state index is 5.74. The Balaban J connectivity index is 1.73. The number of benzene rings is 1. The Morgan fingerprint density at radius 2 is 2.32 bits per heavy atom. The van der Waals surface area contributed by atoms with Gasteiger partial charge in [-0.15, -0.1) is 11.3 Å². The van der Waals surface area contributed by atoms with Crippen LogP contribution in [-0.2, 0) is 13.2 Å². The fraction of sp³-hybridized carbons (Fsp3) is 0.154. The number of hydrogen-bond donors (Lipinski definition) is 1. The molecule has 98 valence electrons. The summed E-state index contributed by atoms with van der Waals surface area (Å²) in [6.45, 7) is 0.942. The van der Waals surface area contributed by atoms with Gasteiger partial charge >= 0.3 is 0 Å². The number of thiazole rings is 1. The molecule has 0 spiro atoms. The van der Waals surface area contributed by atoms with Crippen LogP contribution in [0.25, 0.3) is 4.96 Å². The number of halogens is 1. The highest BCUT2D eigenvalue weighted by atomic mass is 79.9. The molecule has 19 heavy (non-hydrogen) atoms. The Morgan fingerprint density at radius 1 is 1.42 bits per heavy atom. The molecule has 0 saturated carbocycles. The Morgan fingerprint density at radius 3 is 3.11 bits per heavy atom. The zero-order valence-electron chi connectivity index (χ0n) is 10.0. The van der Waals surface area contributed by atoms with Gasteiger partial charge in [0.05, 0.1) is 5.69 Å². The van der Waals surface area contributed by atoms with Gasteiger partial charge in [-0.2, -0.15) is 0 Å². The summed E-state index contributed by atoms with van der Waals surface area (Å²) >= 11 is 5.07. The van der Waals surface area contributed by atoms with Crippen LogP contribution in [0.15, 0.2) is 40.4 Å². The van der Waals surface area contributed by atoms with E-state index in [4.69, 9.17) is 10.5 Å². The Kier molecular flexibility index (Phi) is 3.54. The van der Waals surface area contributed by atoms with Crippen LogP contribution in [0, 0.1) is 0 Å². The third-order valence-electron chi connectivity index (χ3n) is 2.77. The Bertz CT molecular complexity index is 678. The predicted octanol–water partition coefficient (Wildman–Crippen LogP) is 3.20. The first-order chi connectivity index (χ1) is 9.26. The summed E-state index contributed by atoms with van der Waals surface area (Å²) in [6.07, 6.45) is 3.97. The molecule has 0 amide bonds. The SMILES string of the molecule is NCc1cc(OCc2cn3ccsc3n2)ccc1Br. The molecule has 0 saturated heterocycles. The summed E-state index contributed by atoms with van der Waals surface area (Å²) in [6, 6.07) is 5.81. The van der Waals surface area contributed by atoms with Gasteiger partial charge in [-0.05, 0) is 23.8 Å². The molecule has 2 heterocycles. The number of fused-ring (bicyclic) bond motifs is 1. The summed E-state index contributed by atoms with van der Waals surface area (Å²) in [4.78, 5) is 5.45. The smallest absolute Gasteiger partial charge is 0.193 e. The van der Waals surface area contributed by atoms with Crippen molar-refractivity contribution >= 4 is 32.2 Å². The maximum Gasteiger partial charge on any atom is 0.193 e. The van der Waals surface area contributed by atoms with Crippen molar-refractivity contribution in [2.75, 3.05) is 0 Å². The second-order valence-electron chi connectivity index (χ2n) is 4.07. The molecule has 3 rings (SSSR count). The minimum Gasteiger partial charge on any atom is -0.487 e. The van der Waals surface area contributed by atoms with E-state index in [9.17, 15) is 0 Å². The summed E-state index contributed by atoms with van der Waals surface area (Å²) < 4.78 is 8.74. The number of hydrogen-bond acceptors (Lipinski definition) is 4. The highest BCUT2D eigenvalue weighted by molar-refractivity contribution is 9.10. The molecule has 0 aliphatic carbocycles. The van der Waals surface area contributed by atoms with Gasteiger partial charge in [0.1, 0.15) is 12.4 Å². The van der Waals surface area contributed by atoms with Crippen molar-refractivity contribution in [1.82, 2.24) is 9.38 Å². The summed E-state index contributed by atoms with van der Waals surface area (Å²) in [7, 11) is 0. The first kappa shape index (κ1) is 12.7. The quantitative estimate of drug-likeness (QED) is 0.795. The number of nitrogens with two attached hydrogens (primary N) is 1. The fourth-order valence-electron chi connectivity index (χ4n) is 1.80. The zero-order chi connectivity index (χ0) is 13.2. The van der Waals surface area contributed by atoms with Crippen LogP contribution < -0.4 is 10.5 Å². The van der Waals surface area contributed by atoms with Gasteiger partial charge in [0.25, 0.3) is 0 Å². The zero-order valence-corrected chi connectivity index (χ0v) is 12.4. The van der Waals surface area contributed by atoms with Gasteiger partial charge in [0.15, 0.2) is 4.96 Å². The third-order valence-corrected chi connectivity index (χ3v) is 4.31. The minimum absolute atomic E-state index is 0.458. The van der Waals surface area contributed by atoms with E-state index in [-0.39, 0.29) is 0 Å². The summed E-state index contributed by atoms with van der Waals surface area (Å²) in [5.74, 6) is 0.806. The summed E-state index contributed by atoms with van der Waals surface area (Å²) in [5.41, 5.74) is 7.62. The highest BCUT2D eigenvalue weighted by Gasteiger charge is 2.05. The van der Waals surface area contributed by atoms with Crippen LogP contribution in [0.1, 0.15) is 11.3 Å². The molecule has 0 radical (unpaired) electrons. The van der Waals surface area contributed by atoms with Crippen molar-refractivity contribution in [2.45, 2.75) is 13.2 Å². The predicted molar refractivity (Wildman–Crippen MR) is 79.4 cm³/mol. The topological polar surface area (TPSA) is 52.5 Å². The Labute approximate surface area is 123 Å². The van der Waals surface area contributed by atoms with Crippen molar-refractivity contribution < 1.29 is 4.74 Å². The molecule has 0 aliphatic rings. The lowest BCUT2D eigenvalue weighted by molar-refractivity contribution is 0.301. The molecule has 0 fully saturated rings. The lowest BCUT2D eigenvalue weighted by Crippen LogP contribution is -2.00. The van der Waals surface area contributed by atoms with Crippen LogP contribution in [0.4, 0.5) is 0 Å². The first-order valence-electron chi connectivity index (χ1n) is 5.78. The van der Waals surface area contributed by atoms with Gasteiger partial charge in [-0.3, -0.25) is 4.40 Å². The number of ether oxygens (including phenoxy) is 1. The monoisotopic (exact) mass is 337 g/mol. The van der Waals surface area contributed by atoms with Crippen LogP contribution >= 0.6 is 27.3 Å². The van der Waals surface area contributed by atoms with E-state index in [0.29, 0.717) is 13.2 Å². The maximum absolute atomic E-state index is 5.74. The normalized spacial score (nSPS) is 11.1. The molecule has 2 N–H and O–H groups in total.